The molecular weight excluding hydrogens is 304 g/mol. The van der Waals surface area contributed by atoms with Gasteiger partial charge in [0, 0.05) is 24.4 Å². The summed E-state index contributed by atoms with van der Waals surface area (Å²) in [6.07, 6.45) is 5.48. The van der Waals surface area contributed by atoms with E-state index in [9.17, 15) is 9.59 Å². The lowest BCUT2D eigenvalue weighted by Gasteiger charge is -2.27. The van der Waals surface area contributed by atoms with Crippen LogP contribution in [0, 0.1) is 11.8 Å². The van der Waals surface area contributed by atoms with E-state index in [-0.39, 0.29) is 23.7 Å². The van der Waals surface area contributed by atoms with Crippen LogP contribution in [0.3, 0.4) is 0 Å². The maximum Gasteiger partial charge on any atom is 0.223 e. The molecule has 2 N–H and O–H groups in total. The van der Waals surface area contributed by atoms with Crippen molar-refractivity contribution in [1.82, 2.24) is 10.6 Å². The van der Waals surface area contributed by atoms with Gasteiger partial charge in [-0.05, 0) is 56.2 Å². The summed E-state index contributed by atoms with van der Waals surface area (Å²) in [5.41, 5.74) is 1.06. The number of nitrogens with one attached hydrogen (secondary N) is 2. The van der Waals surface area contributed by atoms with Crippen LogP contribution < -0.4 is 15.4 Å². The molecule has 0 spiro atoms. The van der Waals surface area contributed by atoms with E-state index in [0.717, 1.165) is 49.8 Å². The lowest BCUT2D eigenvalue weighted by atomic mass is 9.81. The molecule has 5 nitrogen and oxygen atoms in total. The molecule has 2 fully saturated rings. The van der Waals surface area contributed by atoms with Crippen LogP contribution in [0.5, 0.6) is 5.75 Å². The van der Waals surface area contributed by atoms with Crippen molar-refractivity contribution in [3.63, 3.8) is 0 Å². The van der Waals surface area contributed by atoms with E-state index in [1.54, 1.807) is 7.11 Å². The number of ether oxygens (including phenoxy) is 1. The number of hydrogen-bond donors (Lipinski definition) is 2. The lowest BCUT2D eigenvalue weighted by Crippen LogP contribution is -2.38. The fourth-order valence-electron chi connectivity index (χ4n) is 3.24. The van der Waals surface area contributed by atoms with Crippen LogP contribution in [-0.2, 0) is 16.1 Å². The molecule has 24 heavy (non-hydrogen) atoms. The number of methoxy groups -OCH3 is 1. The van der Waals surface area contributed by atoms with Crippen LogP contribution in [0.2, 0.25) is 0 Å². The van der Waals surface area contributed by atoms with Crippen LogP contribution in [0.1, 0.15) is 44.1 Å². The Morgan fingerprint density at radius 1 is 0.958 bits per heavy atom. The number of rotatable bonds is 6. The second-order valence-corrected chi connectivity index (χ2v) is 6.90. The zero-order chi connectivity index (χ0) is 16.9. The van der Waals surface area contributed by atoms with Gasteiger partial charge < -0.3 is 15.4 Å². The third-order valence-electron chi connectivity index (χ3n) is 5.02. The van der Waals surface area contributed by atoms with Gasteiger partial charge in [0.2, 0.25) is 11.8 Å². The molecule has 0 aromatic heterocycles. The molecule has 5 heteroatoms. The van der Waals surface area contributed by atoms with Gasteiger partial charge in [0.25, 0.3) is 0 Å². The molecule has 1 aromatic carbocycles. The molecule has 1 aromatic rings. The highest BCUT2D eigenvalue weighted by Crippen LogP contribution is 2.30. The first-order chi connectivity index (χ1) is 11.7. The van der Waals surface area contributed by atoms with Gasteiger partial charge in [0.1, 0.15) is 5.75 Å². The lowest BCUT2D eigenvalue weighted by molar-refractivity contribution is -0.130. The van der Waals surface area contributed by atoms with Crippen molar-refractivity contribution < 1.29 is 14.3 Å². The summed E-state index contributed by atoms with van der Waals surface area (Å²) in [5, 5.41) is 6.09. The minimum Gasteiger partial charge on any atom is -0.497 e. The van der Waals surface area contributed by atoms with Gasteiger partial charge in [0.05, 0.1) is 7.11 Å². The molecular formula is C19H26N2O3. The predicted octanol–water partition coefficient (Wildman–Crippen LogP) is 2.40. The number of amides is 2. The predicted molar refractivity (Wildman–Crippen MR) is 91.5 cm³/mol. The quantitative estimate of drug-likeness (QED) is 0.841. The fourth-order valence-corrected chi connectivity index (χ4v) is 3.24. The number of benzene rings is 1. The smallest absolute Gasteiger partial charge is 0.223 e. The van der Waals surface area contributed by atoms with Crippen molar-refractivity contribution in [3.05, 3.63) is 29.8 Å². The summed E-state index contributed by atoms with van der Waals surface area (Å²) in [4.78, 5) is 24.4. The van der Waals surface area contributed by atoms with Crippen LogP contribution in [0.15, 0.2) is 24.3 Å². The Morgan fingerprint density at radius 3 is 2.08 bits per heavy atom. The van der Waals surface area contributed by atoms with Crippen LogP contribution in [0.25, 0.3) is 0 Å². The molecule has 0 aliphatic heterocycles. The minimum atomic E-state index is 0.0354. The van der Waals surface area contributed by atoms with Crippen molar-refractivity contribution in [2.75, 3.05) is 7.11 Å². The van der Waals surface area contributed by atoms with Crippen molar-refractivity contribution in [1.29, 1.82) is 0 Å². The van der Waals surface area contributed by atoms with Crippen molar-refractivity contribution in [2.45, 2.75) is 51.1 Å². The summed E-state index contributed by atoms with van der Waals surface area (Å²) < 4.78 is 5.13. The van der Waals surface area contributed by atoms with E-state index in [4.69, 9.17) is 4.74 Å². The Bertz CT molecular complexity index is 573. The Balaban J connectivity index is 1.40. The van der Waals surface area contributed by atoms with Gasteiger partial charge >= 0.3 is 0 Å². The van der Waals surface area contributed by atoms with Crippen molar-refractivity contribution >= 4 is 11.8 Å². The van der Waals surface area contributed by atoms with Gasteiger partial charge in [-0.25, -0.2) is 0 Å². The first-order valence-electron chi connectivity index (χ1n) is 8.86. The number of carbonyl (C=O) groups is 2. The second kappa shape index (κ2) is 7.69. The van der Waals surface area contributed by atoms with E-state index in [0.29, 0.717) is 12.6 Å². The Morgan fingerprint density at radius 2 is 1.54 bits per heavy atom. The van der Waals surface area contributed by atoms with Gasteiger partial charge in [-0.3, -0.25) is 9.59 Å². The molecule has 2 aliphatic rings. The Labute approximate surface area is 143 Å². The standard InChI is InChI=1S/C19H26N2O3/c1-24-17-10-2-13(3-11-17)12-20-18(22)14-4-6-15(7-5-14)19(23)21-16-8-9-16/h2-3,10-11,14-16H,4-9,12H2,1H3,(H,20,22)(H,21,23). The molecule has 0 saturated heterocycles. The first-order valence-corrected chi connectivity index (χ1v) is 8.86. The van der Waals surface area contributed by atoms with Crippen LogP contribution >= 0.6 is 0 Å². The maximum absolute atomic E-state index is 12.3. The Hall–Kier alpha value is -2.04. The number of carbonyl (C=O) groups excluding carboxylic acids is 2. The second-order valence-electron chi connectivity index (χ2n) is 6.90. The largest absolute Gasteiger partial charge is 0.497 e. The molecule has 0 atom stereocenters. The molecule has 0 radical (unpaired) electrons. The average molecular weight is 330 g/mol. The monoisotopic (exact) mass is 330 g/mol. The minimum absolute atomic E-state index is 0.0354. The zero-order valence-electron chi connectivity index (χ0n) is 14.2. The van der Waals surface area contributed by atoms with Crippen LogP contribution in [-0.4, -0.2) is 25.0 Å². The maximum atomic E-state index is 12.3. The summed E-state index contributed by atoms with van der Waals surface area (Å²) in [6.45, 7) is 0.533. The highest BCUT2D eigenvalue weighted by atomic mass is 16.5. The van der Waals surface area contributed by atoms with Crippen molar-refractivity contribution in [2.24, 2.45) is 11.8 Å². The van der Waals surface area contributed by atoms with Gasteiger partial charge in [0.15, 0.2) is 0 Å². The number of hydrogen-bond acceptors (Lipinski definition) is 3. The molecule has 3 rings (SSSR count). The fraction of sp³-hybridized carbons (Fsp3) is 0.579. The van der Waals surface area contributed by atoms with Crippen LogP contribution in [0.4, 0.5) is 0 Å². The third kappa shape index (κ3) is 4.49. The van der Waals surface area contributed by atoms with Crippen molar-refractivity contribution in [3.8, 4) is 5.75 Å². The first kappa shape index (κ1) is 16.8. The van der Waals surface area contributed by atoms with E-state index in [1.165, 1.54) is 0 Å². The highest BCUT2D eigenvalue weighted by molar-refractivity contribution is 5.81. The summed E-state index contributed by atoms with van der Waals surface area (Å²) in [7, 11) is 1.64. The van der Waals surface area contributed by atoms with Gasteiger partial charge in [-0.15, -0.1) is 0 Å². The molecule has 2 aliphatic carbocycles. The van der Waals surface area contributed by atoms with E-state index in [2.05, 4.69) is 10.6 Å². The summed E-state index contributed by atoms with van der Waals surface area (Å²) >= 11 is 0. The zero-order valence-corrected chi connectivity index (χ0v) is 14.2. The summed E-state index contributed by atoms with van der Waals surface area (Å²) in [5.74, 6) is 1.23. The molecule has 0 unspecified atom stereocenters. The van der Waals surface area contributed by atoms with Gasteiger partial charge in [-0.2, -0.15) is 0 Å². The highest BCUT2D eigenvalue weighted by Gasteiger charge is 2.32. The third-order valence-corrected chi connectivity index (χ3v) is 5.02. The van der Waals surface area contributed by atoms with Gasteiger partial charge in [-0.1, -0.05) is 12.1 Å². The van der Waals surface area contributed by atoms with E-state index in [1.807, 2.05) is 24.3 Å². The molecule has 2 amide bonds. The summed E-state index contributed by atoms with van der Waals surface area (Å²) in [6, 6.07) is 8.12. The topological polar surface area (TPSA) is 67.4 Å². The Kier molecular flexibility index (Phi) is 5.38. The van der Waals surface area contributed by atoms with E-state index >= 15 is 0 Å². The average Bonchev–Trinajstić information content (AvgIpc) is 3.44. The van der Waals surface area contributed by atoms with E-state index < -0.39 is 0 Å². The molecule has 130 valence electrons. The molecule has 2 saturated carbocycles. The molecule has 0 bridgehead atoms. The SMILES string of the molecule is COc1ccc(CNC(=O)C2CCC(C(=O)NC3CC3)CC2)cc1. The normalized spacial score (nSPS) is 23.4. The molecule has 0 heterocycles.